The molecule has 1 rings (SSSR count). The summed E-state index contributed by atoms with van der Waals surface area (Å²) in [5, 5.41) is 9.49. The molecule has 0 aliphatic carbocycles. The average molecular weight is 177 g/mol. The molecule has 0 aliphatic rings. The Hall–Kier alpha value is -0.400. The highest BCUT2D eigenvalue weighted by Gasteiger charge is 1.95. The van der Waals surface area contributed by atoms with Crippen LogP contribution < -0.4 is 0 Å². The molecule has 3 heteroatoms. The van der Waals surface area contributed by atoms with Gasteiger partial charge in [-0.1, -0.05) is 11.6 Å². The number of halogens is 2. The Morgan fingerprint density at radius 3 is 2.50 bits per heavy atom. The summed E-state index contributed by atoms with van der Waals surface area (Å²) in [7, 11) is 0. The van der Waals surface area contributed by atoms with Gasteiger partial charge in [0.25, 0.3) is 0 Å². The maximum absolute atomic E-state index is 8.98. The van der Waals surface area contributed by atoms with Crippen LogP contribution in [-0.4, -0.2) is 5.11 Å². The van der Waals surface area contributed by atoms with Crippen molar-refractivity contribution in [3.63, 3.8) is 0 Å². The quantitative estimate of drug-likeness (QED) is 0.654. The number of aromatic hydroxyl groups is 1. The Morgan fingerprint density at radius 2 is 2.00 bits per heavy atom. The second-order valence-corrected chi connectivity index (χ2v) is 2.66. The standard InChI is InChI=1S/C7H6Cl2O/c8-4-5-1-6(9)3-7(10)2-5/h1-3,10H,4H2. The molecule has 0 amide bonds. The maximum atomic E-state index is 8.98. The Morgan fingerprint density at radius 1 is 1.30 bits per heavy atom. The fourth-order valence-electron chi connectivity index (χ4n) is 0.710. The monoisotopic (exact) mass is 176 g/mol. The molecular weight excluding hydrogens is 171 g/mol. The summed E-state index contributed by atoms with van der Waals surface area (Å²) in [5.74, 6) is 0.525. The van der Waals surface area contributed by atoms with E-state index in [4.69, 9.17) is 28.3 Å². The highest BCUT2D eigenvalue weighted by atomic mass is 35.5. The first-order valence-electron chi connectivity index (χ1n) is 2.77. The lowest BCUT2D eigenvalue weighted by atomic mass is 10.2. The highest BCUT2D eigenvalue weighted by Crippen LogP contribution is 2.20. The van der Waals surface area contributed by atoms with Crippen LogP contribution in [0.5, 0.6) is 5.75 Å². The molecule has 0 spiro atoms. The van der Waals surface area contributed by atoms with Crippen LogP contribution in [0.15, 0.2) is 18.2 Å². The third-order valence-corrected chi connectivity index (χ3v) is 1.62. The summed E-state index contributed by atoms with van der Waals surface area (Å²) < 4.78 is 0. The predicted molar refractivity (Wildman–Crippen MR) is 42.7 cm³/mol. The first-order valence-corrected chi connectivity index (χ1v) is 3.68. The van der Waals surface area contributed by atoms with Gasteiger partial charge in [-0.05, 0) is 23.8 Å². The Kier molecular flexibility index (Phi) is 2.41. The first-order chi connectivity index (χ1) is 4.72. The molecule has 0 radical (unpaired) electrons. The van der Waals surface area contributed by atoms with Gasteiger partial charge in [0.15, 0.2) is 0 Å². The number of hydrogen-bond donors (Lipinski definition) is 1. The first kappa shape index (κ1) is 7.70. The van der Waals surface area contributed by atoms with Gasteiger partial charge >= 0.3 is 0 Å². The van der Waals surface area contributed by atoms with Crippen molar-refractivity contribution in [3.05, 3.63) is 28.8 Å². The van der Waals surface area contributed by atoms with E-state index in [2.05, 4.69) is 0 Å². The van der Waals surface area contributed by atoms with Crippen LogP contribution in [0.1, 0.15) is 5.56 Å². The van der Waals surface area contributed by atoms with Crippen molar-refractivity contribution in [2.45, 2.75) is 5.88 Å². The van der Waals surface area contributed by atoms with E-state index < -0.39 is 0 Å². The fourth-order valence-corrected chi connectivity index (χ4v) is 1.12. The summed E-state index contributed by atoms with van der Waals surface area (Å²) in [6.45, 7) is 0. The van der Waals surface area contributed by atoms with E-state index in [0.717, 1.165) is 5.56 Å². The molecule has 0 aliphatic heterocycles. The van der Waals surface area contributed by atoms with E-state index >= 15 is 0 Å². The molecule has 0 atom stereocenters. The number of rotatable bonds is 1. The second kappa shape index (κ2) is 3.13. The molecule has 0 heterocycles. The lowest BCUT2D eigenvalue weighted by molar-refractivity contribution is 0.475. The Balaban J connectivity index is 3.06. The highest BCUT2D eigenvalue weighted by molar-refractivity contribution is 6.30. The van der Waals surface area contributed by atoms with Crippen molar-refractivity contribution in [1.82, 2.24) is 0 Å². The molecule has 1 aromatic carbocycles. The van der Waals surface area contributed by atoms with Gasteiger partial charge in [0.05, 0.1) is 0 Å². The van der Waals surface area contributed by atoms with Gasteiger partial charge in [-0.3, -0.25) is 0 Å². The molecule has 0 fully saturated rings. The number of benzene rings is 1. The minimum absolute atomic E-state index is 0.156. The molecular formula is C7H6Cl2O. The maximum Gasteiger partial charge on any atom is 0.117 e. The lowest BCUT2D eigenvalue weighted by Gasteiger charge is -1.96. The molecule has 1 N–H and O–H groups in total. The van der Waals surface area contributed by atoms with Crippen LogP contribution >= 0.6 is 23.2 Å². The summed E-state index contributed by atoms with van der Waals surface area (Å²) in [4.78, 5) is 0. The van der Waals surface area contributed by atoms with Crippen molar-refractivity contribution in [2.24, 2.45) is 0 Å². The number of phenols is 1. The minimum Gasteiger partial charge on any atom is -0.508 e. The van der Waals surface area contributed by atoms with Gasteiger partial charge < -0.3 is 5.11 Å². The minimum atomic E-state index is 0.156. The third kappa shape index (κ3) is 1.79. The zero-order valence-electron chi connectivity index (χ0n) is 5.14. The number of alkyl halides is 1. The van der Waals surface area contributed by atoms with Crippen LogP contribution in [0.2, 0.25) is 5.02 Å². The van der Waals surface area contributed by atoms with Crippen molar-refractivity contribution in [1.29, 1.82) is 0 Å². The van der Waals surface area contributed by atoms with E-state index in [1.807, 2.05) is 0 Å². The molecule has 0 saturated heterocycles. The zero-order valence-corrected chi connectivity index (χ0v) is 6.65. The van der Waals surface area contributed by atoms with E-state index in [1.54, 1.807) is 12.1 Å². The van der Waals surface area contributed by atoms with Crippen molar-refractivity contribution < 1.29 is 5.11 Å². The van der Waals surface area contributed by atoms with Gasteiger partial charge in [0.2, 0.25) is 0 Å². The smallest absolute Gasteiger partial charge is 0.117 e. The van der Waals surface area contributed by atoms with E-state index in [-0.39, 0.29) is 5.75 Å². The molecule has 1 aromatic rings. The molecule has 54 valence electrons. The van der Waals surface area contributed by atoms with Crippen molar-refractivity contribution in [2.75, 3.05) is 0 Å². The van der Waals surface area contributed by atoms with E-state index in [1.165, 1.54) is 6.07 Å². The molecule has 0 unspecified atom stereocenters. The third-order valence-electron chi connectivity index (χ3n) is 1.10. The van der Waals surface area contributed by atoms with Gasteiger partial charge in [0.1, 0.15) is 5.75 Å². The van der Waals surface area contributed by atoms with Gasteiger partial charge in [-0.25, -0.2) is 0 Å². The summed E-state index contributed by atoms with van der Waals surface area (Å²) in [5.41, 5.74) is 0.826. The van der Waals surface area contributed by atoms with Crippen LogP contribution in [0.3, 0.4) is 0 Å². The topological polar surface area (TPSA) is 20.2 Å². The number of phenolic OH excluding ortho intramolecular Hbond substituents is 1. The SMILES string of the molecule is Oc1cc(Cl)cc(CCl)c1. The van der Waals surface area contributed by atoms with Gasteiger partial charge in [-0.2, -0.15) is 0 Å². The lowest BCUT2D eigenvalue weighted by Crippen LogP contribution is -1.76. The van der Waals surface area contributed by atoms with Gasteiger partial charge in [-0.15, -0.1) is 11.6 Å². The predicted octanol–water partition coefficient (Wildman–Crippen LogP) is 2.78. The van der Waals surface area contributed by atoms with Crippen LogP contribution in [0.25, 0.3) is 0 Å². The Labute approximate surface area is 69.2 Å². The largest absolute Gasteiger partial charge is 0.508 e. The zero-order chi connectivity index (χ0) is 7.56. The number of hydrogen-bond acceptors (Lipinski definition) is 1. The average Bonchev–Trinajstić information content (AvgIpc) is 1.85. The molecule has 0 aromatic heterocycles. The van der Waals surface area contributed by atoms with Crippen molar-refractivity contribution >= 4 is 23.2 Å². The summed E-state index contributed by atoms with van der Waals surface area (Å²) in [6, 6.07) is 4.77. The van der Waals surface area contributed by atoms with Crippen LogP contribution in [-0.2, 0) is 5.88 Å². The van der Waals surface area contributed by atoms with Crippen LogP contribution in [0.4, 0.5) is 0 Å². The van der Waals surface area contributed by atoms with Crippen LogP contribution in [0, 0.1) is 0 Å². The second-order valence-electron chi connectivity index (χ2n) is 1.95. The molecule has 1 nitrogen and oxygen atoms in total. The Bertz CT molecular complexity index is 215. The normalized spacial score (nSPS) is 9.80. The van der Waals surface area contributed by atoms with E-state index in [0.29, 0.717) is 10.9 Å². The fraction of sp³-hybridized carbons (Fsp3) is 0.143. The van der Waals surface area contributed by atoms with E-state index in [9.17, 15) is 0 Å². The molecule has 10 heavy (non-hydrogen) atoms. The molecule has 0 bridgehead atoms. The summed E-state index contributed by atoms with van der Waals surface area (Å²) >= 11 is 11.1. The van der Waals surface area contributed by atoms with Crippen molar-refractivity contribution in [3.8, 4) is 5.75 Å². The summed E-state index contributed by atoms with van der Waals surface area (Å²) in [6.07, 6.45) is 0. The van der Waals surface area contributed by atoms with Gasteiger partial charge in [0, 0.05) is 10.9 Å². The molecule has 0 saturated carbocycles.